The van der Waals surface area contributed by atoms with Crippen LogP contribution in [0, 0.1) is 0 Å². The van der Waals surface area contributed by atoms with E-state index in [0.29, 0.717) is 6.54 Å². The smallest absolute Gasteiger partial charge is 0.249 e. The predicted octanol–water partition coefficient (Wildman–Crippen LogP) is 3.07. The summed E-state index contributed by atoms with van der Waals surface area (Å²) in [6.07, 6.45) is 2.39. The lowest BCUT2D eigenvalue weighted by molar-refractivity contribution is -0.134. The van der Waals surface area contributed by atoms with Crippen molar-refractivity contribution in [1.82, 2.24) is 10.3 Å². The zero-order valence-corrected chi connectivity index (χ0v) is 15.7. The van der Waals surface area contributed by atoms with Gasteiger partial charge in [-0.25, -0.2) is 4.98 Å². The SMILES string of the molecule is CC(C)OC(C)C(=O)NCc1cccnc1N1CCc2ccccc2C1. The van der Waals surface area contributed by atoms with Crippen molar-refractivity contribution in [3.8, 4) is 0 Å². The first-order chi connectivity index (χ1) is 12.5. The lowest BCUT2D eigenvalue weighted by Crippen LogP contribution is -2.36. The maximum atomic E-state index is 12.2. The van der Waals surface area contributed by atoms with E-state index in [4.69, 9.17) is 4.74 Å². The van der Waals surface area contributed by atoms with Crippen LogP contribution in [0.2, 0.25) is 0 Å². The Kier molecular flexibility index (Phi) is 5.89. The topological polar surface area (TPSA) is 54.5 Å². The van der Waals surface area contributed by atoms with Gasteiger partial charge < -0.3 is 15.0 Å². The summed E-state index contributed by atoms with van der Waals surface area (Å²) in [6, 6.07) is 12.5. The van der Waals surface area contributed by atoms with Crippen LogP contribution in [0.3, 0.4) is 0 Å². The minimum absolute atomic E-state index is 0.0260. The lowest BCUT2D eigenvalue weighted by atomic mass is 9.99. The van der Waals surface area contributed by atoms with E-state index in [1.807, 2.05) is 32.2 Å². The van der Waals surface area contributed by atoms with E-state index >= 15 is 0 Å². The second-order valence-corrected chi connectivity index (χ2v) is 6.97. The van der Waals surface area contributed by atoms with Gasteiger partial charge in [0.15, 0.2) is 0 Å². The van der Waals surface area contributed by atoms with Crippen molar-refractivity contribution >= 4 is 11.7 Å². The van der Waals surface area contributed by atoms with E-state index in [9.17, 15) is 4.79 Å². The van der Waals surface area contributed by atoms with E-state index in [1.54, 1.807) is 6.92 Å². The standard InChI is InChI=1S/C21H27N3O2/c1-15(2)26-16(3)21(25)23-13-18-9-6-11-22-20(18)24-12-10-17-7-4-5-8-19(17)14-24/h4-9,11,15-16H,10,12-14H2,1-3H3,(H,23,25). The monoisotopic (exact) mass is 353 g/mol. The number of nitrogens with zero attached hydrogens (tertiary/aromatic N) is 2. The average Bonchev–Trinajstić information content (AvgIpc) is 2.65. The zero-order chi connectivity index (χ0) is 18.5. The van der Waals surface area contributed by atoms with Gasteiger partial charge in [-0.3, -0.25) is 4.79 Å². The third-order valence-electron chi connectivity index (χ3n) is 4.60. The maximum absolute atomic E-state index is 12.2. The fraction of sp³-hybridized carbons (Fsp3) is 0.429. The average molecular weight is 353 g/mol. The van der Waals surface area contributed by atoms with Gasteiger partial charge in [-0.2, -0.15) is 0 Å². The first kappa shape index (κ1) is 18.4. The van der Waals surface area contributed by atoms with Crippen molar-refractivity contribution in [2.75, 3.05) is 11.4 Å². The summed E-state index contributed by atoms with van der Waals surface area (Å²) in [6.45, 7) is 7.87. The van der Waals surface area contributed by atoms with Crippen molar-refractivity contribution in [2.45, 2.75) is 52.5 Å². The molecule has 3 rings (SSSR count). The Morgan fingerprint density at radius 1 is 1.19 bits per heavy atom. The van der Waals surface area contributed by atoms with Crippen molar-refractivity contribution in [2.24, 2.45) is 0 Å². The summed E-state index contributed by atoms with van der Waals surface area (Å²) in [5, 5.41) is 2.97. The molecule has 0 bridgehead atoms. The number of carbonyl (C=O) groups excluding carboxylic acids is 1. The highest BCUT2D eigenvalue weighted by Gasteiger charge is 2.20. The molecule has 1 aromatic heterocycles. The van der Waals surface area contributed by atoms with Crippen molar-refractivity contribution in [1.29, 1.82) is 0 Å². The quantitative estimate of drug-likeness (QED) is 0.867. The second-order valence-electron chi connectivity index (χ2n) is 6.97. The number of fused-ring (bicyclic) bond motifs is 1. The van der Waals surface area contributed by atoms with Crippen LogP contribution < -0.4 is 10.2 Å². The fourth-order valence-corrected chi connectivity index (χ4v) is 3.33. The molecule has 1 aliphatic heterocycles. The summed E-state index contributed by atoms with van der Waals surface area (Å²) in [4.78, 5) is 19.1. The highest BCUT2D eigenvalue weighted by atomic mass is 16.5. The molecule has 138 valence electrons. The molecule has 1 atom stereocenters. The van der Waals surface area contributed by atoms with Crippen LogP contribution in [0.1, 0.15) is 37.5 Å². The summed E-state index contributed by atoms with van der Waals surface area (Å²) in [7, 11) is 0. The Morgan fingerprint density at radius 2 is 1.96 bits per heavy atom. The number of nitrogens with one attached hydrogen (secondary N) is 1. The lowest BCUT2D eigenvalue weighted by Gasteiger charge is -2.31. The van der Waals surface area contributed by atoms with E-state index in [1.165, 1.54) is 11.1 Å². The van der Waals surface area contributed by atoms with E-state index in [-0.39, 0.29) is 12.0 Å². The molecule has 1 N–H and O–H groups in total. The number of anilines is 1. The molecular weight excluding hydrogens is 326 g/mol. The van der Waals surface area contributed by atoms with Gasteiger partial charge >= 0.3 is 0 Å². The molecule has 5 heteroatoms. The molecule has 2 aromatic rings. The van der Waals surface area contributed by atoms with Crippen molar-refractivity contribution < 1.29 is 9.53 Å². The van der Waals surface area contributed by atoms with Crippen LogP contribution >= 0.6 is 0 Å². The molecule has 1 amide bonds. The Bertz CT molecular complexity index is 760. The first-order valence-corrected chi connectivity index (χ1v) is 9.23. The van der Waals surface area contributed by atoms with E-state index in [2.05, 4.69) is 39.5 Å². The highest BCUT2D eigenvalue weighted by molar-refractivity contribution is 5.80. The third-order valence-corrected chi connectivity index (χ3v) is 4.60. The van der Waals surface area contributed by atoms with Gasteiger partial charge in [0.25, 0.3) is 0 Å². The van der Waals surface area contributed by atoms with Gasteiger partial charge in [-0.05, 0) is 44.4 Å². The van der Waals surface area contributed by atoms with Gasteiger partial charge in [-0.1, -0.05) is 30.3 Å². The molecule has 2 heterocycles. The van der Waals surface area contributed by atoms with E-state index < -0.39 is 6.10 Å². The van der Waals surface area contributed by atoms with Crippen molar-refractivity contribution in [3.63, 3.8) is 0 Å². The third kappa shape index (κ3) is 4.41. The van der Waals surface area contributed by atoms with Crippen LogP contribution in [-0.4, -0.2) is 29.6 Å². The van der Waals surface area contributed by atoms with Crippen LogP contribution in [0.15, 0.2) is 42.6 Å². The molecule has 5 nitrogen and oxygen atoms in total. The number of ether oxygens (including phenoxy) is 1. The number of hydrogen-bond donors (Lipinski definition) is 1. The van der Waals surface area contributed by atoms with Crippen LogP contribution in [0.5, 0.6) is 0 Å². The Balaban J connectivity index is 1.68. The molecule has 0 spiro atoms. The van der Waals surface area contributed by atoms with Gasteiger partial charge in [0.1, 0.15) is 11.9 Å². The largest absolute Gasteiger partial charge is 0.366 e. The van der Waals surface area contributed by atoms with Crippen LogP contribution in [0.25, 0.3) is 0 Å². The molecule has 26 heavy (non-hydrogen) atoms. The van der Waals surface area contributed by atoms with Gasteiger partial charge in [0, 0.05) is 31.4 Å². The Labute approximate surface area is 155 Å². The molecule has 1 unspecified atom stereocenters. The minimum atomic E-state index is -0.461. The summed E-state index contributed by atoms with van der Waals surface area (Å²) >= 11 is 0. The molecular formula is C21H27N3O2. The summed E-state index contributed by atoms with van der Waals surface area (Å²) in [5.74, 6) is 0.845. The number of rotatable bonds is 6. The number of benzene rings is 1. The zero-order valence-electron chi connectivity index (χ0n) is 15.7. The van der Waals surface area contributed by atoms with Crippen LogP contribution in [0.4, 0.5) is 5.82 Å². The summed E-state index contributed by atoms with van der Waals surface area (Å²) in [5.41, 5.74) is 3.78. The molecule has 0 fully saturated rings. The number of carbonyl (C=O) groups is 1. The fourth-order valence-electron chi connectivity index (χ4n) is 3.33. The molecule has 1 aromatic carbocycles. The highest BCUT2D eigenvalue weighted by Crippen LogP contribution is 2.25. The minimum Gasteiger partial charge on any atom is -0.366 e. The van der Waals surface area contributed by atoms with E-state index in [0.717, 1.165) is 30.9 Å². The first-order valence-electron chi connectivity index (χ1n) is 9.23. The van der Waals surface area contributed by atoms with Crippen LogP contribution in [-0.2, 0) is 29.0 Å². The Morgan fingerprint density at radius 3 is 2.73 bits per heavy atom. The van der Waals surface area contributed by atoms with Gasteiger partial charge in [-0.15, -0.1) is 0 Å². The molecule has 0 aliphatic carbocycles. The molecule has 0 radical (unpaired) electrons. The predicted molar refractivity (Wildman–Crippen MR) is 103 cm³/mol. The normalized spacial score (nSPS) is 14.8. The molecule has 0 saturated heterocycles. The number of pyridine rings is 1. The van der Waals surface area contributed by atoms with Gasteiger partial charge in [0.2, 0.25) is 5.91 Å². The van der Waals surface area contributed by atoms with Crippen molar-refractivity contribution in [3.05, 3.63) is 59.3 Å². The maximum Gasteiger partial charge on any atom is 0.249 e. The molecule has 1 aliphatic rings. The molecule has 0 saturated carbocycles. The number of hydrogen-bond acceptors (Lipinski definition) is 4. The second kappa shape index (κ2) is 8.32. The summed E-state index contributed by atoms with van der Waals surface area (Å²) < 4.78 is 5.55. The number of aromatic nitrogens is 1. The number of amides is 1. The van der Waals surface area contributed by atoms with Gasteiger partial charge in [0.05, 0.1) is 6.10 Å². The Hall–Kier alpha value is -2.40.